The Bertz CT molecular complexity index is 1350. The molecule has 1 aliphatic heterocycles. The van der Waals surface area contributed by atoms with Gasteiger partial charge in [0.2, 0.25) is 0 Å². The van der Waals surface area contributed by atoms with Gasteiger partial charge in [0.15, 0.2) is 0 Å². The molecule has 2 aliphatic rings. The van der Waals surface area contributed by atoms with Crippen molar-refractivity contribution in [2.45, 2.75) is 31.8 Å². The number of anilines is 1. The summed E-state index contributed by atoms with van der Waals surface area (Å²) in [5.74, 6) is 1.33. The number of nitrogens with zero attached hydrogens (tertiary/aromatic N) is 1. The van der Waals surface area contributed by atoms with Crippen LogP contribution in [-0.2, 0) is 11.2 Å². The van der Waals surface area contributed by atoms with Gasteiger partial charge in [-0.3, -0.25) is 4.79 Å². The molecule has 0 aromatic carbocycles. The molecule has 1 amide bonds. The van der Waals surface area contributed by atoms with Gasteiger partial charge in [0.05, 0.1) is 30.0 Å². The Hall–Kier alpha value is -3.36. The van der Waals surface area contributed by atoms with Crippen molar-refractivity contribution in [2.24, 2.45) is 0 Å². The third-order valence-electron chi connectivity index (χ3n) is 6.27. The summed E-state index contributed by atoms with van der Waals surface area (Å²) in [6, 6.07) is 7.59. The summed E-state index contributed by atoms with van der Waals surface area (Å²) in [5.41, 5.74) is 11.1. The second-order valence-corrected chi connectivity index (χ2v) is 9.35. The Balaban J connectivity index is 1.46. The minimum atomic E-state index is -0.192. The average Bonchev–Trinajstić information content (AvgIpc) is 3.64. The molecule has 8 heteroatoms. The molecule has 3 N–H and O–H groups in total. The minimum absolute atomic E-state index is 0.0689. The van der Waals surface area contributed by atoms with E-state index >= 15 is 0 Å². The van der Waals surface area contributed by atoms with Gasteiger partial charge in [-0.1, -0.05) is 0 Å². The van der Waals surface area contributed by atoms with Gasteiger partial charge in [-0.05, 0) is 67.2 Å². The summed E-state index contributed by atoms with van der Waals surface area (Å²) >= 11 is 1.32. The summed E-state index contributed by atoms with van der Waals surface area (Å²) in [6.45, 7) is 1.24. The third kappa shape index (κ3) is 3.55. The van der Waals surface area contributed by atoms with Crippen LogP contribution in [0, 0.1) is 0 Å². The number of pyridine rings is 1. The molecular weight excluding hydrogens is 438 g/mol. The number of thiophene rings is 1. The Morgan fingerprint density at radius 1 is 1.24 bits per heavy atom. The third-order valence-corrected chi connectivity index (χ3v) is 7.37. The van der Waals surface area contributed by atoms with Gasteiger partial charge in [-0.15, -0.1) is 11.3 Å². The van der Waals surface area contributed by atoms with E-state index in [1.807, 2.05) is 30.3 Å². The first-order valence-electron chi connectivity index (χ1n) is 11.1. The number of nitrogen functional groups attached to an aromatic ring is 1. The predicted molar refractivity (Wildman–Crippen MR) is 128 cm³/mol. The molecule has 0 saturated carbocycles. The zero-order valence-corrected chi connectivity index (χ0v) is 18.7. The number of amides is 1. The normalized spacial score (nSPS) is 18.9. The Morgan fingerprint density at radius 2 is 2.12 bits per heavy atom. The molecule has 1 atom stereocenters. The lowest BCUT2D eigenvalue weighted by Crippen LogP contribution is -2.31. The van der Waals surface area contributed by atoms with Crippen LogP contribution in [0.3, 0.4) is 0 Å². The van der Waals surface area contributed by atoms with Crippen molar-refractivity contribution in [1.29, 1.82) is 0 Å². The fourth-order valence-corrected chi connectivity index (χ4v) is 5.74. The van der Waals surface area contributed by atoms with E-state index in [-0.39, 0.29) is 12.0 Å². The van der Waals surface area contributed by atoms with Crippen LogP contribution in [0.2, 0.25) is 0 Å². The molecule has 168 valence electrons. The monoisotopic (exact) mass is 461 g/mol. The number of furan rings is 2. The van der Waals surface area contributed by atoms with Gasteiger partial charge >= 0.3 is 0 Å². The molecule has 1 aliphatic carbocycles. The molecule has 0 bridgehead atoms. The number of nitrogens with one attached hydrogen (secondary N) is 1. The number of nitrogens with two attached hydrogens (primary N) is 1. The highest BCUT2D eigenvalue weighted by molar-refractivity contribution is 7.21. The van der Waals surface area contributed by atoms with E-state index in [0.717, 1.165) is 76.4 Å². The highest BCUT2D eigenvalue weighted by atomic mass is 32.1. The van der Waals surface area contributed by atoms with Crippen molar-refractivity contribution in [1.82, 2.24) is 10.3 Å². The van der Waals surface area contributed by atoms with Crippen LogP contribution in [0.15, 0.2) is 45.6 Å². The lowest BCUT2D eigenvalue weighted by molar-refractivity contribution is 0.0862. The minimum Gasteiger partial charge on any atom is -0.465 e. The van der Waals surface area contributed by atoms with Crippen LogP contribution in [0.4, 0.5) is 5.69 Å². The summed E-state index contributed by atoms with van der Waals surface area (Å²) in [6.07, 6.45) is 9.07. The fraction of sp³-hybridized carbons (Fsp3) is 0.280. The summed E-state index contributed by atoms with van der Waals surface area (Å²) in [5, 5.41) is 3.77. The quantitative estimate of drug-likeness (QED) is 0.427. The van der Waals surface area contributed by atoms with E-state index in [4.69, 9.17) is 24.3 Å². The molecule has 4 aromatic heterocycles. The second-order valence-electron chi connectivity index (χ2n) is 8.35. The first kappa shape index (κ1) is 20.3. The van der Waals surface area contributed by atoms with E-state index in [9.17, 15) is 4.79 Å². The Labute approximate surface area is 194 Å². The highest BCUT2D eigenvalue weighted by Gasteiger charge is 2.30. The SMILES string of the molecule is Nc1c(C(=O)NCC2CCCO2)sc2nc3c(c(-c4ccco4)c12)CC/C3=C/c1ccco1. The number of carbonyl (C=O) groups is 1. The molecule has 0 radical (unpaired) electrons. The van der Waals surface area contributed by atoms with Crippen molar-refractivity contribution in [3.8, 4) is 11.3 Å². The summed E-state index contributed by atoms with van der Waals surface area (Å²) < 4.78 is 16.9. The average molecular weight is 462 g/mol. The Kier molecular flexibility index (Phi) is 5.04. The number of rotatable bonds is 5. The van der Waals surface area contributed by atoms with E-state index in [0.29, 0.717) is 17.1 Å². The zero-order chi connectivity index (χ0) is 22.4. The largest absolute Gasteiger partial charge is 0.465 e. The lowest BCUT2D eigenvalue weighted by Gasteiger charge is -2.10. The van der Waals surface area contributed by atoms with Gasteiger partial charge in [-0.2, -0.15) is 0 Å². The van der Waals surface area contributed by atoms with Gasteiger partial charge in [0.25, 0.3) is 5.91 Å². The van der Waals surface area contributed by atoms with Gasteiger partial charge in [-0.25, -0.2) is 4.98 Å². The zero-order valence-electron chi connectivity index (χ0n) is 17.9. The van der Waals surface area contributed by atoms with Crippen molar-refractivity contribution in [2.75, 3.05) is 18.9 Å². The summed E-state index contributed by atoms with van der Waals surface area (Å²) in [7, 11) is 0. The van der Waals surface area contributed by atoms with Gasteiger partial charge in [0, 0.05) is 24.1 Å². The van der Waals surface area contributed by atoms with Crippen LogP contribution in [0.5, 0.6) is 0 Å². The van der Waals surface area contributed by atoms with Crippen LogP contribution in [-0.4, -0.2) is 30.1 Å². The van der Waals surface area contributed by atoms with Crippen LogP contribution < -0.4 is 11.1 Å². The number of carbonyl (C=O) groups excluding carboxylic acids is 1. The molecule has 1 unspecified atom stereocenters. The maximum Gasteiger partial charge on any atom is 0.263 e. The Morgan fingerprint density at radius 3 is 2.88 bits per heavy atom. The standard InChI is InChI=1S/C25H23N3O4S/c26-21-20-19(18-6-3-11-32-18)17-8-7-14(12-15-4-1-9-30-15)22(17)28-25(20)33-23(21)24(29)27-13-16-5-2-10-31-16/h1,3-4,6,9,11-12,16H,2,5,7-8,10,13,26H2,(H,27,29)/b14-12-. The van der Waals surface area contributed by atoms with Crippen LogP contribution >= 0.6 is 11.3 Å². The fourth-order valence-electron chi connectivity index (χ4n) is 4.72. The van der Waals surface area contributed by atoms with E-state index < -0.39 is 0 Å². The van der Waals surface area contributed by atoms with E-state index in [1.54, 1.807) is 12.5 Å². The van der Waals surface area contributed by atoms with Crippen molar-refractivity contribution >= 4 is 44.8 Å². The van der Waals surface area contributed by atoms with E-state index in [1.165, 1.54) is 11.3 Å². The lowest BCUT2D eigenvalue weighted by atomic mass is 10.0. The molecule has 7 nitrogen and oxygen atoms in total. The second kappa shape index (κ2) is 8.20. The molecule has 1 saturated heterocycles. The molecular formula is C25H23N3O4S. The van der Waals surface area contributed by atoms with Crippen LogP contribution in [0.25, 0.3) is 33.2 Å². The number of aromatic nitrogens is 1. The van der Waals surface area contributed by atoms with Crippen molar-refractivity contribution in [3.05, 3.63) is 58.7 Å². The molecule has 33 heavy (non-hydrogen) atoms. The molecule has 0 spiro atoms. The predicted octanol–water partition coefficient (Wildman–Crippen LogP) is 5.13. The number of ether oxygens (including phenoxy) is 1. The smallest absolute Gasteiger partial charge is 0.263 e. The maximum absolute atomic E-state index is 13.0. The van der Waals surface area contributed by atoms with Gasteiger partial charge < -0.3 is 24.6 Å². The van der Waals surface area contributed by atoms with Crippen molar-refractivity contribution < 1.29 is 18.4 Å². The van der Waals surface area contributed by atoms with Crippen LogP contribution in [0.1, 0.15) is 46.0 Å². The number of allylic oxidation sites excluding steroid dienone is 1. The molecule has 5 heterocycles. The maximum atomic E-state index is 13.0. The first-order valence-corrected chi connectivity index (χ1v) is 11.9. The number of hydrogen-bond acceptors (Lipinski definition) is 7. The number of fused-ring (bicyclic) bond motifs is 2. The summed E-state index contributed by atoms with van der Waals surface area (Å²) in [4.78, 5) is 19.2. The van der Waals surface area contributed by atoms with Gasteiger partial charge in [0.1, 0.15) is 21.2 Å². The molecule has 1 fully saturated rings. The topological polar surface area (TPSA) is 104 Å². The molecule has 6 rings (SSSR count). The van der Waals surface area contributed by atoms with E-state index in [2.05, 4.69) is 5.32 Å². The highest BCUT2D eigenvalue weighted by Crippen LogP contribution is 2.47. The first-order chi connectivity index (χ1) is 16.2. The molecule has 4 aromatic rings. The number of hydrogen-bond donors (Lipinski definition) is 2. The van der Waals surface area contributed by atoms with Crippen molar-refractivity contribution in [3.63, 3.8) is 0 Å².